The van der Waals surface area contributed by atoms with Gasteiger partial charge in [-0.25, -0.2) is 8.78 Å². The fourth-order valence-corrected chi connectivity index (χ4v) is 3.00. The van der Waals surface area contributed by atoms with Gasteiger partial charge in [0.05, 0.1) is 0 Å². The summed E-state index contributed by atoms with van der Waals surface area (Å²) in [6.07, 6.45) is 0. The summed E-state index contributed by atoms with van der Waals surface area (Å²) in [5, 5.41) is 0. The molecule has 0 radical (unpaired) electrons. The van der Waals surface area contributed by atoms with Crippen LogP contribution in [0.1, 0.15) is 5.56 Å². The molecule has 94 valence electrons. The van der Waals surface area contributed by atoms with Gasteiger partial charge in [0.2, 0.25) is 0 Å². The molecular weight excluding hydrogens is 320 g/mol. The van der Waals surface area contributed by atoms with Gasteiger partial charge in [-0.15, -0.1) is 11.8 Å². The van der Waals surface area contributed by atoms with Crippen LogP contribution < -0.4 is 5.73 Å². The molecule has 0 aliphatic carbocycles. The van der Waals surface area contributed by atoms with Gasteiger partial charge in [-0.3, -0.25) is 0 Å². The Morgan fingerprint density at radius 1 is 1.06 bits per heavy atom. The maximum atomic E-state index is 13.1. The number of thioether (sulfide) groups is 1. The molecule has 2 N–H and O–H groups in total. The monoisotopic (exact) mass is 329 g/mol. The molecule has 0 fully saturated rings. The molecule has 0 aromatic heterocycles. The third-order valence-corrected chi connectivity index (χ3v) is 4.26. The maximum absolute atomic E-state index is 13.1. The normalized spacial score (nSPS) is 10.6. The lowest BCUT2D eigenvalue weighted by Crippen LogP contribution is -1.91. The average Bonchev–Trinajstić information content (AvgIpc) is 2.34. The summed E-state index contributed by atoms with van der Waals surface area (Å²) in [5.74, 6) is -0.0996. The fraction of sp³-hybridized carbons (Fsp3) is 0.0769. The summed E-state index contributed by atoms with van der Waals surface area (Å²) in [4.78, 5) is 0.658. The van der Waals surface area contributed by atoms with Crippen molar-refractivity contribution in [2.75, 3.05) is 5.73 Å². The molecule has 0 atom stereocenters. The molecular formula is C13H10BrF2NS. The predicted octanol–water partition coefficient (Wildman–Crippen LogP) is 4.60. The first-order valence-corrected chi connectivity index (χ1v) is 6.96. The first kappa shape index (κ1) is 13.4. The fourth-order valence-electron chi connectivity index (χ4n) is 1.44. The van der Waals surface area contributed by atoms with E-state index < -0.39 is 0 Å². The highest BCUT2D eigenvalue weighted by Gasteiger charge is 2.06. The van der Waals surface area contributed by atoms with Gasteiger partial charge in [-0.05, 0) is 42.0 Å². The van der Waals surface area contributed by atoms with Gasteiger partial charge in [-0.1, -0.05) is 15.9 Å². The molecule has 0 heterocycles. The topological polar surface area (TPSA) is 26.0 Å². The smallest absolute Gasteiger partial charge is 0.124 e. The first-order valence-electron chi connectivity index (χ1n) is 5.18. The summed E-state index contributed by atoms with van der Waals surface area (Å²) in [6, 6.07) is 8.71. The molecule has 0 amide bonds. The van der Waals surface area contributed by atoms with Crippen LogP contribution in [0.5, 0.6) is 0 Å². The molecule has 5 heteroatoms. The van der Waals surface area contributed by atoms with Gasteiger partial charge in [0.1, 0.15) is 11.6 Å². The minimum absolute atomic E-state index is 0.291. The van der Waals surface area contributed by atoms with E-state index >= 15 is 0 Å². The van der Waals surface area contributed by atoms with E-state index in [0.29, 0.717) is 16.3 Å². The predicted molar refractivity (Wildman–Crippen MR) is 74.5 cm³/mol. The van der Waals surface area contributed by atoms with Crippen molar-refractivity contribution in [1.29, 1.82) is 0 Å². The van der Waals surface area contributed by atoms with Crippen LogP contribution in [0.3, 0.4) is 0 Å². The molecule has 0 aliphatic rings. The molecule has 0 saturated heterocycles. The van der Waals surface area contributed by atoms with Gasteiger partial charge < -0.3 is 5.73 Å². The molecule has 0 bridgehead atoms. The average molecular weight is 330 g/mol. The summed E-state index contributed by atoms with van der Waals surface area (Å²) >= 11 is 4.73. The summed E-state index contributed by atoms with van der Waals surface area (Å²) < 4.78 is 27.0. The van der Waals surface area contributed by atoms with Crippen molar-refractivity contribution in [3.8, 4) is 0 Å². The minimum Gasteiger partial charge on any atom is -0.398 e. The Kier molecular flexibility index (Phi) is 4.24. The molecule has 18 heavy (non-hydrogen) atoms. The van der Waals surface area contributed by atoms with E-state index in [2.05, 4.69) is 15.9 Å². The molecule has 0 saturated carbocycles. The second kappa shape index (κ2) is 5.71. The zero-order valence-electron chi connectivity index (χ0n) is 9.29. The zero-order valence-corrected chi connectivity index (χ0v) is 11.7. The van der Waals surface area contributed by atoms with E-state index in [-0.39, 0.29) is 11.6 Å². The number of nitrogen functional groups attached to an aromatic ring is 1. The van der Waals surface area contributed by atoms with Gasteiger partial charge in [0.15, 0.2) is 0 Å². The second-order valence-electron chi connectivity index (χ2n) is 3.71. The minimum atomic E-state index is -0.329. The Morgan fingerprint density at radius 3 is 2.50 bits per heavy atom. The van der Waals surface area contributed by atoms with E-state index in [9.17, 15) is 8.78 Å². The van der Waals surface area contributed by atoms with Crippen LogP contribution in [-0.2, 0) is 5.75 Å². The van der Waals surface area contributed by atoms with E-state index in [1.807, 2.05) is 0 Å². The van der Waals surface area contributed by atoms with Crippen molar-refractivity contribution in [2.45, 2.75) is 10.6 Å². The van der Waals surface area contributed by atoms with Crippen LogP contribution in [-0.4, -0.2) is 0 Å². The molecule has 0 aliphatic heterocycles. The lowest BCUT2D eigenvalue weighted by molar-refractivity contribution is 0.624. The lowest BCUT2D eigenvalue weighted by atomic mass is 10.2. The highest BCUT2D eigenvalue weighted by atomic mass is 79.9. The number of anilines is 1. The number of rotatable bonds is 3. The number of nitrogens with two attached hydrogens (primary N) is 1. The van der Waals surface area contributed by atoms with Crippen LogP contribution in [0, 0.1) is 11.6 Å². The lowest BCUT2D eigenvalue weighted by Gasteiger charge is -2.07. The van der Waals surface area contributed by atoms with Crippen LogP contribution in [0.25, 0.3) is 0 Å². The largest absolute Gasteiger partial charge is 0.398 e. The van der Waals surface area contributed by atoms with Crippen molar-refractivity contribution in [3.05, 3.63) is 58.1 Å². The first-order chi connectivity index (χ1) is 8.56. The zero-order chi connectivity index (χ0) is 13.1. The molecule has 0 unspecified atom stereocenters. The standard InChI is InChI=1S/C13H10BrF2NS/c14-11-3-1-9(15)5-8(11)7-18-13-6-10(16)2-4-12(13)17/h1-6H,7,17H2. The van der Waals surface area contributed by atoms with E-state index in [1.165, 1.54) is 42.1 Å². The van der Waals surface area contributed by atoms with Crippen molar-refractivity contribution in [1.82, 2.24) is 0 Å². The number of benzene rings is 2. The van der Waals surface area contributed by atoms with Crippen molar-refractivity contribution in [3.63, 3.8) is 0 Å². The summed E-state index contributed by atoms with van der Waals surface area (Å²) in [6.45, 7) is 0. The number of hydrogen-bond acceptors (Lipinski definition) is 2. The van der Waals surface area contributed by atoms with Gasteiger partial charge in [0, 0.05) is 20.8 Å². The van der Waals surface area contributed by atoms with E-state index in [1.54, 1.807) is 6.07 Å². The summed E-state index contributed by atoms with van der Waals surface area (Å²) in [5.41, 5.74) is 7.08. The van der Waals surface area contributed by atoms with Crippen LogP contribution in [0.2, 0.25) is 0 Å². The second-order valence-corrected chi connectivity index (χ2v) is 5.58. The molecule has 2 aromatic carbocycles. The van der Waals surface area contributed by atoms with Crippen molar-refractivity contribution >= 4 is 33.4 Å². The molecule has 2 rings (SSSR count). The third kappa shape index (κ3) is 3.23. The molecule has 0 spiro atoms. The Bertz CT molecular complexity index is 523. The number of halogens is 3. The SMILES string of the molecule is Nc1ccc(F)cc1SCc1cc(F)ccc1Br. The number of hydrogen-bond donors (Lipinski definition) is 1. The van der Waals surface area contributed by atoms with E-state index in [0.717, 1.165) is 10.0 Å². The molecule has 1 nitrogen and oxygen atoms in total. The third-order valence-electron chi connectivity index (χ3n) is 2.37. The van der Waals surface area contributed by atoms with Crippen LogP contribution >= 0.6 is 27.7 Å². The van der Waals surface area contributed by atoms with Crippen LogP contribution in [0.15, 0.2) is 45.8 Å². The van der Waals surface area contributed by atoms with Crippen molar-refractivity contribution < 1.29 is 8.78 Å². The Balaban J connectivity index is 2.16. The van der Waals surface area contributed by atoms with Crippen LogP contribution in [0.4, 0.5) is 14.5 Å². The highest BCUT2D eigenvalue weighted by Crippen LogP contribution is 2.31. The Hall–Kier alpha value is -1.07. The Morgan fingerprint density at radius 2 is 1.72 bits per heavy atom. The van der Waals surface area contributed by atoms with Gasteiger partial charge in [0.25, 0.3) is 0 Å². The summed E-state index contributed by atoms with van der Waals surface area (Å²) in [7, 11) is 0. The van der Waals surface area contributed by atoms with E-state index in [4.69, 9.17) is 5.73 Å². The molecule has 2 aromatic rings. The van der Waals surface area contributed by atoms with Crippen molar-refractivity contribution in [2.24, 2.45) is 0 Å². The highest BCUT2D eigenvalue weighted by molar-refractivity contribution is 9.10. The Labute approximate surface area is 117 Å². The van der Waals surface area contributed by atoms with Gasteiger partial charge >= 0.3 is 0 Å². The maximum Gasteiger partial charge on any atom is 0.124 e. The van der Waals surface area contributed by atoms with Gasteiger partial charge in [-0.2, -0.15) is 0 Å². The quantitative estimate of drug-likeness (QED) is 0.657.